The van der Waals surface area contributed by atoms with Gasteiger partial charge in [0.15, 0.2) is 9.04 Å². The number of methoxy groups -OCH3 is 1. The summed E-state index contributed by atoms with van der Waals surface area (Å²) >= 11 is 0. The quantitative estimate of drug-likeness (QED) is 0.476. The summed E-state index contributed by atoms with van der Waals surface area (Å²) in [6.45, 7) is 14.2. The van der Waals surface area contributed by atoms with E-state index < -0.39 is 14.6 Å². The third kappa shape index (κ3) is 3.31. The van der Waals surface area contributed by atoms with Crippen molar-refractivity contribution >= 4 is 20.9 Å². The largest absolute Gasteiger partial charge is 0.469 e. The van der Waals surface area contributed by atoms with Gasteiger partial charge in [0.25, 0.3) is 0 Å². The lowest BCUT2D eigenvalue weighted by Gasteiger charge is -2.55. The van der Waals surface area contributed by atoms with Crippen molar-refractivity contribution in [2.45, 2.75) is 59.4 Å². The van der Waals surface area contributed by atoms with Crippen molar-refractivity contribution in [1.82, 2.24) is 5.32 Å². The summed E-state index contributed by atoms with van der Waals surface area (Å²) in [5, 5.41) is 2.85. The van der Waals surface area contributed by atoms with E-state index in [9.17, 15) is 9.59 Å². The fourth-order valence-electron chi connectivity index (χ4n) is 2.95. The van der Waals surface area contributed by atoms with Crippen LogP contribution in [0.15, 0.2) is 0 Å². The van der Waals surface area contributed by atoms with E-state index in [-0.39, 0.29) is 35.2 Å². The number of carbonyl (C=O) groups excluding carboxylic acids is 2. The maximum absolute atomic E-state index is 12.2. The zero-order valence-corrected chi connectivity index (χ0v) is 15.6. The molecule has 1 rings (SSSR count). The lowest BCUT2D eigenvalue weighted by Crippen LogP contribution is -2.72. The molecule has 1 aliphatic rings. The molecule has 0 radical (unpaired) electrons. The molecule has 4 atom stereocenters. The van der Waals surface area contributed by atoms with Crippen molar-refractivity contribution in [2.75, 3.05) is 7.11 Å². The lowest BCUT2D eigenvalue weighted by atomic mass is 9.62. The zero-order valence-electron chi connectivity index (χ0n) is 14.4. The monoisotopic (exact) mass is 315 g/mol. The van der Waals surface area contributed by atoms with Gasteiger partial charge in [0.05, 0.1) is 30.6 Å². The molecule has 5 nitrogen and oxygen atoms in total. The standard InChI is InChI=1S/C15H29NO4Si/c1-9(13(18)19-6)11-10(12(17)16-11)15(5,14(2,3)4)20-21(7)8/h9-11,21H,1-8H3,(H,16,17)/t9-,10+,11+,15+/m0/s1. The molecular weight excluding hydrogens is 286 g/mol. The van der Waals surface area contributed by atoms with Crippen molar-refractivity contribution in [2.24, 2.45) is 17.3 Å². The molecule has 6 heteroatoms. The molecule has 0 unspecified atom stereocenters. The Morgan fingerprint density at radius 2 is 1.81 bits per heavy atom. The van der Waals surface area contributed by atoms with Crippen molar-refractivity contribution in [3.8, 4) is 0 Å². The Bertz CT molecular complexity index is 418. The van der Waals surface area contributed by atoms with Crippen molar-refractivity contribution in [3.63, 3.8) is 0 Å². The predicted octanol–water partition coefficient (Wildman–Crippen LogP) is 1.71. The van der Waals surface area contributed by atoms with Gasteiger partial charge in [-0.25, -0.2) is 0 Å². The van der Waals surface area contributed by atoms with Crippen LogP contribution in [0.2, 0.25) is 13.1 Å². The third-order valence-electron chi connectivity index (χ3n) is 4.63. The second-order valence-corrected chi connectivity index (χ2v) is 9.68. The number of amides is 1. The highest BCUT2D eigenvalue weighted by atomic mass is 28.3. The zero-order chi connectivity index (χ0) is 16.6. The Morgan fingerprint density at radius 1 is 1.29 bits per heavy atom. The molecule has 1 amide bonds. The van der Waals surface area contributed by atoms with Gasteiger partial charge in [-0.1, -0.05) is 20.8 Å². The molecule has 0 saturated carbocycles. The van der Waals surface area contributed by atoms with E-state index in [1.54, 1.807) is 6.92 Å². The number of esters is 1. The van der Waals surface area contributed by atoms with E-state index in [0.717, 1.165) is 0 Å². The van der Waals surface area contributed by atoms with E-state index >= 15 is 0 Å². The SMILES string of the molecule is COC(=O)[C@@H](C)[C@H]1NC(=O)[C@@H]1[C@@](C)(O[SiH](C)C)C(C)(C)C. The van der Waals surface area contributed by atoms with Crippen molar-refractivity contribution < 1.29 is 18.8 Å². The highest BCUT2D eigenvalue weighted by Gasteiger charge is 2.59. The van der Waals surface area contributed by atoms with Crippen LogP contribution in [0.1, 0.15) is 34.6 Å². The minimum absolute atomic E-state index is 0.0390. The number of β-lactam (4-membered cyclic amide) rings is 1. The molecule has 0 aliphatic carbocycles. The molecule has 0 bridgehead atoms. The van der Waals surface area contributed by atoms with Crippen LogP contribution in [0.4, 0.5) is 0 Å². The first-order chi connectivity index (χ1) is 9.45. The molecule has 1 heterocycles. The predicted molar refractivity (Wildman–Crippen MR) is 84.4 cm³/mol. The third-order valence-corrected chi connectivity index (χ3v) is 5.59. The van der Waals surface area contributed by atoms with E-state index in [1.165, 1.54) is 7.11 Å². The summed E-state index contributed by atoms with van der Waals surface area (Å²) in [7, 11) is 0.0244. The lowest BCUT2D eigenvalue weighted by molar-refractivity contribution is -0.167. The molecule has 0 aromatic carbocycles. The van der Waals surface area contributed by atoms with Gasteiger partial charge >= 0.3 is 5.97 Å². The van der Waals surface area contributed by atoms with Crippen LogP contribution in [0.3, 0.4) is 0 Å². The summed E-state index contributed by atoms with van der Waals surface area (Å²) in [6.07, 6.45) is 0. The minimum Gasteiger partial charge on any atom is -0.469 e. The molecule has 1 saturated heterocycles. The average molecular weight is 315 g/mol. The molecule has 1 fully saturated rings. The van der Waals surface area contributed by atoms with Gasteiger partial charge in [0.1, 0.15) is 0 Å². The highest BCUT2D eigenvalue weighted by molar-refractivity contribution is 6.48. The van der Waals surface area contributed by atoms with E-state index in [2.05, 4.69) is 39.2 Å². The highest BCUT2D eigenvalue weighted by Crippen LogP contribution is 2.46. The topological polar surface area (TPSA) is 64.6 Å². The van der Waals surface area contributed by atoms with Crippen LogP contribution < -0.4 is 5.32 Å². The van der Waals surface area contributed by atoms with E-state index in [0.29, 0.717) is 0 Å². The van der Waals surface area contributed by atoms with Gasteiger partial charge in [0.2, 0.25) is 5.91 Å². The maximum atomic E-state index is 12.2. The Kier molecular flexibility index (Phi) is 5.26. The van der Waals surface area contributed by atoms with Crippen molar-refractivity contribution in [1.29, 1.82) is 0 Å². The maximum Gasteiger partial charge on any atom is 0.310 e. The van der Waals surface area contributed by atoms with Crippen LogP contribution in [-0.2, 0) is 18.8 Å². The number of hydrogen-bond donors (Lipinski definition) is 1. The smallest absolute Gasteiger partial charge is 0.310 e. The van der Waals surface area contributed by atoms with Crippen LogP contribution in [0.5, 0.6) is 0 Å². The van der Waals surface area contributed by atoms with Gasteiger partial charge in [-0.2, -0.15) is 0 Å². The summed E-state index contributed by atoms with van der Waals surface area (Å²) < 4.78 is 11.1. The first-order valence-corrected chi connectivity index (χ1v) is 10.3. The second kappa shape index (κ2) is 6.08. The van der Waals surface area contributed by atoms with Crippen LogP contribution >= 0.6 is 0 Å². The average Bonchev–Trinajstić information content (AvgIpc) is 2.31. The second-order valence-electron chi connectivity index (χ2n) is 7.35. The van der Waals surface area contributed by atoms with E-state index in [4.69, 9.17) is 9.16 Å². The number of carbonyl (C=O) groups is 2. The number of rotatable bonds is 5. The number of hydrogen-bond acceptors (Lipinski definition) is 4. The Balaban J connectivity index is 3.11. The number of nitrogens with one attached hydrogen (secondary N) is 1. The summed E-state index contributed by atoms with van der Waals surface area (Å²) in [5.41, 5.74) is -0.802. The van der Waals surface area contributed by atoms with Gasteiger partial charge in [0, 0.05) is 0 Å². The molecule has 0 spiro atoms. The van der Waals surface area contributed by atoms with Gasteiger partial charge in [-0.3, -0.25) is 9.59 Å². The number of ether oxygens (including phenoxy) is 1. The minimum atomic E-state index is -1.35. The molecule has 1 aliphatic heterocycles. The fourth-order valence-corrected chi connectivity index (χ4v) is 4.43. The van der Waals surface area contributed by atoms with Crippen LogP contribution in [-0.4, -0.2) is 39.7 Å². The van der Waals surface area contributed by atoms with Gasteiger partial charge < -0.3 is 14.5 Å². The normalized spacial score (nSPS) is 26.6. The Hall–Kier alpha value is -0.883. The molecule has 1 N–H and O–H groups in total. The summed E-state index contributed by atoms with van der Waals surface area (Å²) in [4.78, 5) is 24.0. The summed E-state index contributed by atoms with van der Waals surface area (Å²) in [6, 6.07) is -0.234. The molecule has 0 aromatic heterocycles. The van der Waals surface area contributed by atoms with Gasteiger partial charge in [-0.15, -0.1) is 0 Å². The molecular formula is C15H29NO4Si. The Morgan fingerprint density at radius 3 is 2.14 bits per heavy atom. The molecule has 0 aromatic rings. The fraction of sp³-hybridized carbons (Fsp3) is 0.867. The van der Waals surface area contributed by atoms with Crippen molar-refractivity contribution in [3.05, 3.63) is 0 Å². The molecule has 21 heavy (non-hydrogen) atoms. The van der Waals surface area contributed by atoms with E-state index in [1.807, 2.05) is 6.92 Å². The van der Waals surface area contributed by atoms with Crippen LogP contribution in [0.25, 0.3) is 0 Å². The summed E-state index contributed by atoms with van der Waals surface area (Å²) in [5.74, 6) is -1.05. The van der Waals surface area contributed by atoms with Gasteiger partial charge in [-0.05, 0) is 32.4 Å². The molecule has 122 valence electrons. The van der Waals surface area contributed by atoms with Crippen LogP contribution in [0, 0.1) is 17.3 Å². The Labute approximate surface area is 129 Å². The first kappa shape index (κ1) is 18.2. The first-order valence-electron chi connectivity index (χ1n) is 7.51.